The predicted molar refractivity (Wildman–Crippen MR) is 54.3 cm³/mol. The molecule has 1 nitrogen and oxygen atoms in total. The molecule has 0 radical (unpaired) electrons. The summed E-state index contributed by atoms with van der Waals surface area (Å²) in [7, 11) is 0. The summed E-state index contributed by atoms with van der Waals surface area (Å²) in [6, 6.07) is 0.790. The first kappa shape index (κ1) is 10.0. The molecule has 0 aromatic rings. The van der Waals surface area contributed by atoms with Crippen LogP contribution in [0, 0.1) is 11.3 Å². The van der Waals surface area contributed by atoms with Crippen LogP contribution < -0.4 is 5.32 Å². The number of rotatable bonds is 2. The molecular formula is C11H23N. The second-order valence-corrected chi connectivity index (χ2v) is 4.92. The zero-order valence-corrected chi connectivity index (χ0v) is 8.98. The van der Waals surface area contributed by atoms with Crippen molar-refractivity contribution >= 4 is 0 Å². The minimum atomic E-state index is 0.575. The van der Waals surface area contributed by atoms with Gasteiger partial charge in [-0.1, -0.05) is 27.7 Å². The van der Waals surface area contributed by atoms with Gasteiger partial charge in [0.25, 0.3) is 0 Å². The molecule has 1 unspecified atom stereocenters. The number of hydrogen-bond donors (Lipinski definition) is 1. The molecule has 0 bridgehead atoms. The maximum atomic E-state index is 3.55. The van der Waals surface area contributed by atoms with Crippen molar-refractivity contribution in [1.29, 1.82) is 0 Å². The summed E-state index contributed by atoms with van der Waals surface area (Å²) in [5.41, 5.74) is 0.575. The Morgan fingerprint density at radius 3 is 2.58 bits per heavy atom. The van der Waals surface area contributed by atoms with Crippen molar-refractivity contribution in [2.24, 2.45) is 11.3 Å². The Morgan fingerprint density at radius 2 is 2.08 bits per heavy atom. The van der Waals surface area contributed by atoms with Gasteiger partial charge < -0.3 is 5.32 Å². The summed E-state index contributed by atoms with van der Waals surface area (Å²) in [6.07, 6.45) is 4.11. The molecule has 0 spiro atoms. The third-order valence-electron chi connectivity index (χ3n) is 3.60. The second kappa shape index (κ2) is 3.78. The highest BCUT2D eigenvalue weighted by Crippen LogP contribution is 2.39. The minimum Gasteiger partial charge on any atom is -0.314 e. The SMILES string of the molecule is CCNC1CCC(C)(C)[C@@H](C)C1. The Bertz CT molecular complexity index is 140. The molecule has 1 aliphatic carbocycles. The average Bonchev–Trinajstić information content (AvgIpc) is 1.98. The fraction of sp³-hybridized carbons (Fsp3) is 1.00. The normalized spacial score (nSPS) is 35.0. The van der Waals surface area contributed by atoms with E-state index in [1.54, 1.807) is 0 Å². The summed E-state index contributed by atoms with van der Waals surface area (Å²) >= 11 is 0. The smallest absolute Gasteiger partial charge is 0.00698 e. The molecule has 0 aromatic carbocycles. The van der Waals surface area contributed by atoms with E-state index in [-0.39, 0.29) is 0 Å². The summed E-state index contributed by atoms with van der Waals surface area (Å²) in [5.74, 6) is 0.871. The number of nitrogens with one attached hydrogen (secondary N) is 1. The molecular weight excluding hydrogens is 146 g/mol. The van der Waals surface area contributed by atoms with Crippen molar-refractivity contribution in [2.75, 3.05) is 6.54 Å². The van der Waals surface area contributed by atoms with Crippen molar-refractivity contribution in [3.05, 3.63) is 0 Å². The Hall–Kier alpha value is -0.0400. The molecule has 0 amide bonds. The maximum Gasteiger partial charge on any atom is 0.00698 e. The van der Waals surface area contributed by atoms with Crippen LogP contribution in [0.4, 0.5) is 0 Å². The fourth-order valence-corrected chi connectivity index (χ4v) is 2.13. The van der Waals surface area contributed by atoms with E-state index in [1.807, 2.05) is 0 Å². The molecule has 2 atom stereocenters. The van der Waals surface area contributed by atoms with Gasteiger partial charge in [-0.05, 0) is 37.1 Å². The lowest BCUT2D eigenvalue weighted by molar-refractivity contribution is 0.127. The maximum absolute atomic E-state index is 3.55. The van der Waals surface area contributed by atoms with Gasteiger partial charge in [-0.25, -0.2) is 0 Å². The van der Waals surface area contributed by atoms with Crippen molar-refractivity contribution in [2.45, 2.75) is 53.0 Å². The van der Waals surface area contributed by atoms with Gasteiger partial charge >= 0.3 is 0 Å². The van der Waals surface area contributed by atoms with E-state index in [1.165, 1.54) is 19.3 Å². The lowest BCUT2D eigenvalue weighted by Crippen LogP contribution is -2.40. The first-order valence-electron chi connectivity index (χ1n) is 5.29. The molecule has 72 valence electrons. The van der Waals surface area contributed by atoms with E-state index >= 15 is 0 Å². The van der Waals surface area contributed by atoms with Crippen molar-refractivity contribution in [3.8, 4) is 0 Å². The van der Waals surface area contributed by atoms with Crippen LogP contribution in [-0.4, -0.2) is 12.6 Å². The van der Waals surface area contributed by atoms with Gasteiger partial charge in [0.1, 0.15) is 0 Å². The van der Waals surface area contributed by atoms with Crippen molar-refractivity contribution in [3.63, 3.8) is 0 Å². The Labute approximate surface area is 76.9 Å². The van der Waals surface area contributed by atoms with Crippen LogP contribution in [0.15, 0.2) is 0 Å². The van der Waals surface area contributed by atoms with Crippen LogP contribution in [0.25, 0.3) is 0 Å². The van der Waals surface area contributed by atoms with E-state index in [0.717, 1.165) is 18.5 Å². The summed E-state index contributed by atoms with van der Waals surface area (Å²) in [5, 5.41) is 3.55. The quantitative estimate of drug-likeness (QED) is 0.670. The highest BCUT2D eigenvalue weighted by molar-refractivity contribution is 4.86. The van der Waals surface area contributed by atoms with Gasteiger partial charge in [-0.3, -0.25) is 0 Å². The second-order valence-electron chi connectivity index (χ2n) is 4.92. The topological polar surface area (TPSA) is 12.0 Å². The molecule has 1 fully saturated rings. The molecule has 0 saturated heterocycles. The van der Waals surface area contributed by atoms with E-state index < -0.39 is 0 Å². The number of hydrogen-bond acceptors (Lipinski definition) is 1. The molecule has 1 N–H and O–H groups in total. The van der Waals surface area contributed by atoms with Crippen molar-refractivity contribution in [1.82, 2.24) is 5.32 Å². The van der Waals surface area contributed by atoms with Gasteiger partial charge in [0.05, 0.1) is 0 Å². The first-order chi connectivity index (χ1) is 5.56. The van der Waals surface area contributed by atoms with E-state index in [4.69, 9.17) is 0 Å². The third kappa shape index (κ3) is 2.22. The highest BCUT2D eigenvalue weighted by Gasteiger charge is 2.32. The Morgan fingerprint density at radius 1 is 1.42 bits per heavy atom. The van der Waals surface area contributed by atoms with Crippen LogP contribution in [0.5, 0.6) is 0 Å². The first-order valence-corrected chi connectivity index (χ1v) is 5.29. The molecule has 1 aliphatic rings. The average molecular weight is 169 g/mol. The van der Waals surface area contributed by atoms with Crippen LogP contribution in [0.1, 0.15) is 47.0 Å². The predicted octanol–water partition coefficient (Wildman–Crippen LogP) is 2.81. The molecule has 1 heteroatoms. The summed E-state index contributed by atoms with van der Waals surface area (Å²) in [4.78, 5) is 0. The van der Waals surface area contributed by atoms with Gasteiger partial charge in [0, 0.05) is 6.04 Å². The third-order valence-corrected chi connectivity index (χ3v) is 3.60. The molecule has 0 aliphatic heterocycles. The fourth-order valence-electron chi connectivity index (χ4n) is 2.13. The lowest BCUT2D eigenvalue weighted by atomic mass is 9.68. The summed E-state index contributed by atoms with van der Waals surface area (Å²) < 4.78 is 0. The molecule has 1 rings (SSSR count). The minimum absolute atomic E-state index is 0.575. The molecule has 12 heavy (non-hydrogen) atoms. The van der Waals surface area contributed by atoms with Gasteiger partial charge in [0.15, 0.2) is 0 Å². The van der Waals surface area contributed by atoms with Crippen LogP contribution >= 0.6 is 0 Å². The molecule has 0 heterocycles. The van der Waals surface area contributed by atoms with Gasteiger partial charge in [0.2, 0.25) is 0 Å². The molecule has 0 aromatic heterocycles. The van der Waals surface area contributed by atoms with Gasteiger partial charge in [-0.15, -0.1) is 0 Å². The summed E-state index contributed by atoms with van der Waals surface area (Å²) in [6.45, 7) is 10.5. The Kier molecular flexibility index (Phi) is 3.16. The zero-order chi connectivity index (χ0) is 9.19. The van der Waals surface area contributed by atoms with Crippen LogP contribution in [0.3, 0.4) is 0 Å². The largest absolute Gasteiger partial charge is 0.314 e. The zero-order valence-electron chi connectivity index (χ0n) is 8.98. The highest BCUT2D eigenvalue weighted by atomic mass is 14.9. The standard InChI is InChI=1S/C11H23N/c1-5-12-10-6-7-11(3,4)9(2)8-10/h9-10,12H,5-8H2,1-4H3/t9-,10?/m0/s1. The van der Waals surface area contributed by atoms with E-state index in [2.05, 4.69) is 33.0 Å². The van der Waals surface area contributed by atoms with Crippen LogP contribution in [0.2, 0.25) is 0 Å². The van der Waals surface area contributed by atoms with Gasteiger partial charge in [-0.2, -0.15) is 0 Å². The lowest BCUT2D eigenvalue weighted by Gasteiger charge is -2.40. The van der Waals surface area contributed by atoms with E-state index in [9.17, 15) is 0 Å². The van der Waals surface area contributed by atoms with Crippen LogP contribution in [-0.2, 0) is 0 Å². The Balaban J connectivity index is 2.41. The van der Waals surface area contributed by atoms with E-state index in [0.29, 0.717) is 5.41 Å². The van der Waals surface area contributed by atoms with Crippen molar-refractivity contribution < 1.29 is 0 Å². The molecule has 1 saturated carbocycles. The monoisotopic (exact) mass is 169 g/mol.